The van der Waals surface area contributed by atoms with Gasteiger partial charge in [0.25, 0.3) is 0 Å². The third-order valence-electron chi connectivity index (χ3n) is 4.48. The number of nitrogens with two attached hydrogens (primary N) is 1. The fourth-order valence-corrected chi connectivity index (χ4v) is 3.42. The van der Waals surface area contributed by atoms with Crippen LogP contribution in [0.1, 0.15) is 43.9 Å². The first-order valence-electron chi connectivity index (χ1n) is 7.02. The van der Waals surface area contributed by atoms with E-state index in [-0.39, 0.29) is 0 Å². The average molecular weight is 243 g/mol. The lowest BCUT2D eigenvalue weighted by molar-refractivity contribution is 0.175. The van der Waals surface area contributed by atoms with Gasteiger partial charge < -0.3 is 10.2 Å². The molecule has 2 heteroatoms. The first-order chi connectivity index (χ1) is 8.76. The van der Waals surface area contributed by atoms with Crippen LogP contribution < -0.4 is 5.73 Å². The number of hydrogen-bond donors (Lipinski definition) is 1. The number of aryl methyl sites for hydroxylation is 1. The summed E-state index contributed by atoms with van der Waals surface area (Å²) in [6, 6.07) is 8.72. The molecule has 1 aliphatic rings. The largest absolute Gasteiger partial charge is 0.460 e. The van der Waals surface area contributed by atoms with Crippen molar-refractivity contribution in [2.24, 2.45) is 11.7 Å². The van der Waals surface area contributed by atoms with Crippen LogP contribution in [0, 0.1) is 5.92 Å². The number of hydrogen-bond acceptors (Lipinski definition) is 2. The van der Waals surface area contributed by atoms with Crippen molar-refractivity contribution in [1.29, 1.82) is 0 Å². The van der Waals surface area contributed by atoms with Crippen LogP contribution in [0.25, 0.3) is 11.0 Å². The molecular formula is C16H21NO. The maximum atomic E-state index is 6.12. The van der Waals surface area contributed by atoms with Gasteiger partial charge in [0.2, 0.25) is 0 Å². The van der Waals surface area contributed by atoms with Crippen molar-refractivity contribution in [3.63, 3.8) is 0 Å². The highest BCUT2D eigenvalue weighted by molar-refractivity contribution is 5.82. The normalized spacial score (nSPS) is 27.4. The Kier molecular flexibility index (Phi) is 2.90. The van der Waals surface area contributed by atoms with Gasteiger partial charge in [-0.25, -0.2) is 0 Å². The molecule has 0 spiro atoms. The molecule has 1 heterocycles. The standard InChI is InChI=1S/C16H21NO/c1-3-10-13(9-14(10)17)16-11(4-2)12-7-5-6-8-15(12)18-16/h5-8,10,13-14H,3-4,9,17H2,1-2H3. The number of furan rings is 1. The van der Waals surface area contributed by atoms with E-state index in [1.807, 2.05) is 6.07 Å². The summed E-state index contributed by atoms with van der Waals surface area (Å²) in [4.78, 5) is 0. The smallest absolute Gasteiger partial charge is 0.134 e. The van der Waals surface area contributed by atoms with E-state index in [0.717, 1.165) is 24.8 Å². The minimum atomic E-state index is 0.359. The molecule has 1 fully saturated rings. The van der Waals surface area contributed by atoms with Crippen LogP contribution in [0.5, 0.6) is 0 Å². The van der Waals surface area contributed by atoms with E-state index in [0.29, 0.717) is 17.9 Å². The minimum Gasteiger partial charge on any atom is -0.460 e. The molecule has 3 atom stereocenters. The van der Waals surface area contributed by atoms with Gasteiger partial charge in [-0.3, -0.25) is 0 Å². The summed E-state index contributed by atoms with van der Waals surface area (Å²) in [7, 11) is 0. The maximum Gasteiger partial charge on any atom is 0.134 e. The second-order valence-corrected chi connectivity index (χ2v) is 5.37. The third-order valence-corrected chi connectivity index (χ3v) is 4.48. The van der Waals surface area contributed by atoms with Crippen LogP contribution in [0.3, 0.4) is 0 Å². The highest BCUT2D eigenvalue weighted by Gasteiger charge is 2.41. The predicted octanol–water partition coefficient (Wildman–Crippen LogP) is 3.84. The molecule has 1 aromatic carbocycles. The second-order valence-electron chi connectivity index (χ2n) is 5.37. The van der Waals surface area contributed by atoms with E-state index in [2.05, 4.69) is 32.0 Å². The first kappa shape index (κ1) is 11.8. The van der Waals surface area contributed by atoms with E-state index < -0.39 is 0 Å². The summed E-state index contributed by atoms with van der Waals surface area (Å²) < 4.78 is 6.12. The summed E-state index contributed by atoms with van der Waals surface area (Å²) in [6.45, 7) is 4.44. The molecule has 3 rings (SSSR count). The summed E-state index contributed by atoms with van der Waals surface area (Å²) in [5, 5.41) is 1.28. The van der Waals surface area contributed by atoms with E-state index in [9.17, 15) is 0 Å². The Morgan fingerprint density at radius 3 is 2.72 bits per heavy atom. The van der Waals surface area contributed by atoms with Gasteiger partial charge in [0.05, 0.1) is 0 Å². The van der Waals surface area contributed by atoms with Crippen LogP contribution in [0.2, 0.25) is 0 Å². The fourth-order valence-electron chi connectivity index (χ4n) is 3.42. The monoisotopic (exact) mass is 243 g/mol. The molecule has 96 valence electrons. The number of para-hydroxylation sites is 1. The van der Waals surface area contributed by atoms with Crippen molar-refractivity contribution < 1.29 is 4.42 Å². The van der Waals surface area contributed by atoms with Crippen LogP contribution in [0.4, 0.5) is 0 Å². The molecule has 3 unspecified atom stereocenters. The molecule has 0 aliphatic heterocycles. The van der Waals surface area contributed by atoms with Crippen molar-refractivity contribution in [1.82, 2.24) is 0 Å². The van der Waals surface area contributed by atoms with Crippen molar-refractivity contribution in [2.45, 2.75) is 45.1 Å². The van der Waals surface area contributed by atoms with Gasteiger partial charge in [0, 0.05) is 22.9 Å². The van der Waals surface area contributed by atoms with Crippen molar-refractivity contribution >= 4 is 11.0 Å². The number of fused-ring (bicyclic) bond motifs is 1. The van der Waals surface area contributed by atoms with Gasteiger partial charge in [-0.2, -0.15) is 0 Å². The molecule has 0 saturated heterocycles. The molecule has 1 aliphatic carbocycles. The summed E-state index contributed by atoms with van der Waals surface area (Å²) in [6.07, 6.45) is 3.26. The summed E-state index contributed by atoms with van der Waals surface area (Å²) in [5.41, 5.74) is 8.52. The number of rotatable bonds is 3. The van der Waals surface area contributed by atoms with E-state index in [1.165, 1.54) is 16.7 Å². The molecule has 0 bridgehead atoms. The third kappa shape index (κ3) is 1.59. The van der Waals surface area contributed by atoms with Gasteiger partial charge in [0.15, 0.2) is 0 Å². The Hall–Kier alpha value is -1.28. The Morgan fingerprint density at radius 2 is 2.06 bits per heavy atom. The van der Waals surface area contributed by atoms with Crippen molar-refractivity contribution in [3.8, 4) is 0 Å². The van der Waals surface area contributed by atoms with Crippen molar-refractivity contribution in [3.05, 3.63) is 35.6 Å². The Bertz CT molecular complexity index is 557. The highest BCUT2D eigenvalue weighted by Crippen LogP contribution is 2.46. The van der Waals surface area contributed by atoms with E-state index in [4.69, 9.17) is 10.2 Å². The van der Waals surface area contributed by atoms with Crippen LogP contribution in [-0.4, -0.2) is 6.04 Å². The Labute approximate surface area is 108 Å². The number of benzene rings is 1. The summed E-state index contributed by atoms with van der Waals surface area (Å²) in [5.74, 6) is 2.33. The Morgan fingerprint density at radius 1 is 1.28 bits per heavy atom. The SMILES string of the molecule is CCc1c(C2CC(N)C2CC)oc2ccccc12. The first-order valence-corrected chi connectivity index (χ1v) is 7.02. The molecule has 0 amide bonds. The van der Waals surface area contributed by atoms with Gasteiger partial charge in [-0.15, -0.1) is 0 Å². The quantitative estimate of drug-likeness (QED) is 0.889. The zero-order chi connectivity index (χ0) is 12.7. The molecule has 0 radical (unpaired) electrons. The Balaban J connectivity index is 2.06. The van der Waals surface area contributed by atoms with Gasteiger partial charge >= 0.3 is 0 Å². The van der Waals surface area contributed by atoms with Gasteiger partial charge in [-0.1, -0.05) is 38.5 Å². The van der Waals surface area contributed by atoms with E-state index >= 15 is 0 Å². The average Bonchev–Trinajstić information content (AvgIpc) is 2.74. The fraction of sp³-hybridized carbons (Fsp3) is 0.500. The van der Waals surface area contributed by atoms with Gasteiger partial charge in [0.1, 0.15) is 11.3 Å². The van der Waals surface area contributed by atoms with Crippen LogP contribution in [-0.2, 0) is 6.42 Å². The molecule has 18 heavy (non-hydrogen) atoms. The lowest BCUT2D eigenvalue weighted by atomic mass is 9.66. The zero-order valence-electron chi connectivity index (χ0n) is 11.1. The summed E-state index contributed by atoms with van der Waals surface area (Å²) >= 11 is 0. The lowest BCUT2D eigenvalue weighted by Crippen LogP contribution is -2.45. The predicted molar refractivity (Wildman–Crippen MR) is 74.7 cm³/mol. The molecule has 2 N–H and O–H groups in total. The molecule has 2 nitrogen and oxygen atoms in total. The molecular weight excluding hydrogens is 222 g/mol. The van der Waals surface area contributed by atoms with E-state index in [1.54, 1.807) is 0 Å². The van der Waals surface area contributed by atoms with Crippen LogP contribution in [0.15, 0.2) is 28.7 Å². The van der Waals surface area contributed by atoms with Gasteiger partial charge in [-0.05, 0) is 24.8 Å². The maximum absolute atomic E-state index is 6.12. The lowest BCUT2D eigenvalue weighted by Gasteiger charge is -2.41. The molecule has 1 aromatic heterocycles. The molecule has 1 saturated carbocycles. The molecule has 2 aromatic rings. The van der Waals surface area contributed by atoms with Crippen molar-refractivity contribution in [2.75, 3.05) is 0 Å². The minimum absolute atomic E-state index is 0.359. The topological polar surface area (TPSA) is 39.2 Å². The highest BCUT2D eigenvalue weighted by atomic mass is 16.3. The second kappa shape index (κ2) is 4.43. The van der Waals surface area contributed by atoms with Crippen LogP contribution >= 0.6 is 0 Å². The zero-order valence-corrected chi connectivity index (χ0v) is 11.1.